The summed E-state index contributed by atoms with van der Waals surface area (Å²) in [5.74, 6) is -0.221. The Kier molecular flexibility index (Phi) is 7.50. The number of fused-ring (bicyclic) bond motifs is 1. The van der Waals surface area contributed by atoms with Crippen molar-refractivity contribution in [1.29, 1.82) is 0 Å². The maximum atomic E-state index is 14.8. The average Bonchev–Trinajstić information content (AvgIpc) is 3.67. The number of imidazole rings is 1. The van der Waals surface area contributed by atoms with Crippen LogP contribution in [0.25, 0.3) is 11.2 Å². The summed E-state index contributed by atoms with van der Waals surface area (Å²) < 4.78 is 44.9. The minimum absolute atomic E-state index is 0.0787. The summed E-state index contributed by atoms with van der Waals surface area (Å²) in [6.45, 7) is 0.447. The summed E-state index contributed by atoms with van der Waals surface area (Å²) in [6.07, 6.45) is 3.34. The third-order valence-electron chi connectivity index (χ3n) is 7.15. The highest BCUT2D eigenvalue weighted by Crippen LogP contribution is 2.32. The number of pyridine rings is 1. The van der Waals surface area contributed by atoms with Gasteiger partial charge in [-0.05, 0) is 76.5 Å². The Morgan fingerprint density at radius 3 is 2.55 bits per heavy atom. The predicted octanol–water partition coefficient (Wildman–Crippen LogP) is 4.95. The number of halogens is 3. The van der Waals surface area contributed by atoms with E-state index in [1.165, 1.54) is 16.7 Å². The molecule has 3 heterocycles. The van der Waals surface area contributed by atoms with Crippen molar-refractivity contribution in [2.75, 3.05) is 4.72 Å². The van der Waals surface area contributed by atoms with E-state index in [9.17, 15) is 22.4 Å². The number of aromatic amines is 2. The second-order valence-electron chi connectivity index (χ2n) is 10.2. The summed E-state index contributed by atoms with van der Waals surface area (Å²) in [4.78, 5) is 39.2. The highest BCUT2D eigenvalue weighted by molar-refractivity contribution is 9.10. The van der Waals surface area contributed by atoms with Crippen LogP contribution in [-0.4, -0.2) is 32.9 Å². The zero-order chi connectivity index (χ0) is 29.6. The highest BCUT2D eigenvalue weighted by Gasteiger charge is 2.27. The van der Waals surface area contributed by atoms with Gasteiger partial charge in [0.25, 0.3) is 15.6 Å². The van der Waals surface area contributed by atoms with Gasteiger partial charge in [-0.15, -0.1) is 0 Å². The standard InChI is InChI=1S/C28H23BrClFN6O4S/c29-21-12-19(13-32-24(21)30)42(40,41)36-18-9-7-16(8-10-18)20(11-17-3-1-2-4-22(17)31)25-33-23-26(34-25)37(14-15-5-6-15)28(39)35-27(23)38/h1-4,7-10,12-13,15,20,36H,5-6,11,14H2,(H,33,34)(H,35,38,39). The van der Waals surface area contributed by atoms with Crippen molar-refractivity contribution in [3.63, 3.8) is 0 Å². The molecule has 3 aromatic heterocycles. The molecule has 1 atom stereocenters. The van der Waals surface area contributed by atoms with E-state index < -0.39 is 33.0 Å². The van der Waals surface area contributed by atoms with E-state index in [1.54, 1.807) is 42.5 Å². The van der Waals surface area contributed by atoms with Gasteiger partial charge in [-0.25, -0.2) is 27.6 Å². The minimum atomic E-state index is -3.97. The van der Waals surface area contributed by atoms with Crippen molar-refractivity contribution >= 4 is 54.4 Å². The molecular weight excluding hydrogens is 651 g/mol. The summed E-state index contributed by atoms with van der Waals surface area (Å²) in [5, 5.41) is 0.135. The number of anilines is 1. The van der Waals surface area contributed by atoms with Gasteiger partial charge >= 0.3 is 5.69 Å². The van der Waals surface area contributed by atoms with Crippen LogP contribution >= 0.6 is 27.5 Å². The van der Waals surface area contributed by atoms with E-state index in [-0.39, 0.29) is 33.3 Å². The molecule has 1 aliphatic rings. The van der Waals surface area contributed by atoms with E-state index in [2.05, 4.69) is 40.6 Å². The molecule has 216 valence electrons. The number of hydrogen-bond acceptors (Lipinski definition) is 6. The highest BCUT2D eigenvalue weighted by atomic mass is 79.9. The number of aromatic nitrogens is 5. The molecule has 0 radical (unpaired) electrons. The van der Waals surface area contributed by atoms with E-state index in [1.807, 2.05) is 0 Å². The molecular formula is C28H23BrClFN6O4S. The minimum Gasteiger partial charge on any atom is -0.336 e. The van der Waals surface area contributed by atoms with Gasteiger partial charge in [-0.2, -0.15) is 0 Å². The number of benzene rings is 2. The Morgan fingerprint density at radius 2 is 1.86 bits per heavy atom. The maximum absolute atomic E-state index is 14.8. The van der Waals surface area contributed by atoms with Crippen molar-refractivity contribution in [3.8, 4) is 0 Å². The number of nitrogens with zero attached hydrogens (tertiary/aromatic N) is 3. The summed E-state index contributed by atoms with van der Waals surface area (Å²) in [5.41, 5.74) is 0.698. The van der Waals surface area contributed by atoms with Crippen molar-refractivity contribution in [2.24, 2.45) is 5.92 Å². The van der Waals surface area contributed by atoms with Gasteiger partial charge in [-0.1, -0.05) is 41.9 Å². The van der Waals surface area contributed by atoms with Crippen LogP contribution in [0.3, 0.4) is 0 Å². The zero-order valence-corrected chi connectivity index (χ0v) is 24.9. The molecule has 14 heteroatoms. The Hall–Kier alpha value is -3.81. The van der Waals surface area contributed by atoms with Crippen LogP contribution in [0.1, 0.15) is 35.7 Å². The van der Waals surface area contributed by atoms with E-state index in [0.29, 0.717) is 33.9 Å². The molecule has 0 saturated heterocycles. The molecule has 42 heavy (non-hydrogen) atoms. The SMILES string of the molecule is O=c1[nH]c(=O)n(CC2CC2)c2nc(C(Cc3ccccc3F)c3ccc(NS(=O)(=O)c4cnc(Cl)c(Br)c4)cc3)[nH]c12. The Bertz CT molecular complexity index is 2040. The van der Waals surface area contributed by atoms with Crippen LogP contribution in [0.2, 0.25) is 5.15 Å². The molecule has 0 spiro atoms. The molecule has 1 unspecified atom stereocenters. The number of sulfonamides is 1. The van der Waals surface area contributed by atoms with Crippen LogP contribution in [0.15, 0.2) is 79.8 Å². The van der Waals surface area contributed by atoms with E-state index >= 15 is 0 Å². The molecule has 5 aromatic rings. The summed E-state index contributed by atoms with van der Waals surface area (Å²) in [7, 11) is -3.97. The fourth-order valence-electron chi connectivity index (χ4n) is 4.76. The van der Waals surface area contributed by atoms with Crippen LogP contribution in [-0.2, 0) is 23.0 Å². The average molecular weight is 674 g/mol. The second kappa shape index (κ2) is 11.1. The fourth-order valence-corrected chi connectivity index (χ4v) is 6.39. The van der Waals surface area contributed by atoms with Crippen LogP contribution in [0.5, 0.6) is 0 Å². The Labute approximate surface area is 252 Å². The number of hydrogen-bond donors (Lipinski definition) is 3. The van der Waals surface area contributed by atoms with Gasteiger partial charge in [-0.3, -0.25) is 19.1 Å². The number of H-pyrrole nitrogens is 2. The van der Waals surface area contributed by atoms with E-state index in [4.69, 9.17) is 11.6 Å². The molecule has 1 saturated carbocycles. The first-order valence-corrected chi connectivity index (χ1v) is 15.6. The topological polar surface area (TPSA) is 143 Å². The zero-order valence-electron chi connectivity index (χ0n) is 21.8. The molecule has 10 nitrogen and oxygen atoms in total. The summed E-state index contributed by atoms with van der Waals surface area (Å²) >= 11 is 9.07. The Morgan fingerprint density at radius 1 is 1.12 bits per heavy atom. The quantitative estimate of drug-likeness (QED) is 0.189. The van der Waals surface area contributed by atoms with E-state index in [0.717, 1.165) is 19.0 Å². The first kappa shape index (κ1) is 28.3. The molecule has 0 bridgehead atoms. The number of rotatable bonds is 9. The van der Waals surface area contributed by atoms with Gasteiger partial charge < -0.3 is 4.98 Å². The molecule has 1 fully saturated rings. The molecule has 3 N–H and O–H groups in total. The lowest BCUT2D eigenvalue weighted by molar-refractivity contribution is 0.597. The van der Waals surface area contributed by atoms with Gasteiger partial charge in [0.15, 0.2) is 5.65 Å². The van der Waals surface area contributed by atoms with Crippen LogP contribution in [0, 0.1) is 11.7 Å². The molecule has 0 aliphatic heterocycles. The van der Waals surface area contributed by atoms with Crippen LogP contribution in [0.4, 0.5) is 10.1 Å². The lowest BCUT2D eigenvalue weighted by atomic mass is 9.91. The summed E-state index contributed by atoms with van der Waals surface area (Å²) in [6, 6.07) is 14.3. The molecule has 1 aliphatic carbocycles. The molecule has 0 amide bonds. The third kappa shape index (κ3) is 5.76. The third-order valence-corrected chi connectivity index (χ3v) is 9.63. The first-order valence-electron chi connectivity index (χ1n) is 13.0. The van der Waals surface area contributed by atoms with Crippen molar-refractivity contribution in [2.45, 2.75) is 36.6 Å². The monoisotopic (exact) mass is 672 g/mol. The van der Waals surface area contributed by atoms with Gasteiger partial charge in [0.1, 0.15) is 27.2 Å². The molecule has 2 aromatic carbocycles. The van der Waals surface area contributed by atoms with Crippen molar-refractivity contribution in [1.82, 2.24) is 24.5 Å². The lowest BCUT2D eigenvalue weighted by Gasteiger charge is -2.17. The first-order chi connectivity index (χ1) is 20.1. The van der Waals surface area contributed by atoms with Gasteiger partial charge in [0.05, 0.1) is 4.47 Å². The van der Waals surface area contributed by atoms with Gasteiger partial charge in [0.2, 0.25) is 0 Å². The van der Waals surface area contributed by atoms with Crippen LogP contribution < -0.4 is 16.0 Å². The van der Waals surface area contributed by atoms with Crippen molar-refractivity contribution in [3.05, 3.63) is 114 Å². The van der Waals surface area contributed by atoms with Gasteiger partial charge in [0, 0.05) is 24.3 Å². The second-order valence-corrected chi connectivity index (χ2v) is 13.0. The Balaban J connectivity index is 1.38. The predicted molar refractivity (Wildman–Crippen MR) is 160 cm³/mol. The maximum Gasteiger partial charge on any atom is 0.330 e. The normalized spacial score (nSPS) is 14.3. The fraction of sp³-hybridized carbons (Fsp3) is 0.214. The number of nitrogens with one attached hydrogen (secondary N) is 3. The lowest BCUT2D eigenvalue weighted by Crippen LogP contribution is -2.30. The molecule has 6 rings (SSSR count). The largest absolute Gasteiger partial charge is 0.336 e. The van der Waals surface area contributed by atoms with Crippen molar-refractivity contribution < 1.29 is 12.8 Å². The smallest absolute Gasteiger partial charge is 0.330 e.